The van der Waals surface area contributed by atoms with Crippen LogP contribution in [0, 0.1) is 6.92 Å². The fraction of sp³-hybridized carbons (Fsp3) is 0.333. The Balaban J connectivity index is 1.87. The molecule has 2 aliphatic rings. The molecule has 3 heterocycles. The number of anilines is 1. The maximum Gasteiger partial charge on any atom is 0.349 e. The van der Waals surface area contributed by atoms with Crippen LogP contribution in [0.3, 0.4) is 0 Å². The lowest BCUT2D eigenvalue weighted by molar-refractivity contribution is 0.0500. The molecule has 0 bridgehead atoms. The van der Waals surface area contributed by atoms with E-state index in [9.17, 15) is 4.79 Å². The smallest absolute Gasteiger partial charge is 0.349 e. The zero-order valence-electron chi connectivity index (χ0n) is 12.2. The molecule has 0 saturated carbocycles. The first kappa shape index (κ1) is 13.5. The molecule has 2 saturated heterocycles. The monoisotopic (exact) mass is 318 g/mol. The van der Waals surface area contributed by atoms with E-state index in [1.165, 1.54) is 0 Å². The van der Waals surface area contributed by atoms with Gasteiger partial charge in [-0.2, -0.15) is 0 Å². The molecule has 22 heavy (non-hydrogen) atoms. The fourth-order valence-corrected chi connectivity index (χ4v) is 3.25. The van der Waals surface area contributed by atoms with Gasteiger partial charge in [0.15, 0.2) is 11.5 Å². The maximum atomic E-state index is 12.7. The number of benzene rings is 1. The summed E-state index contributed by atoms with van der Waals surface area (Å²) in [5.74, 6) is 1.15. The van der Waals surface area contributed by atoms with Gasteiger partial charge in [0.1, 0.15) is 11.3 Å². The molecule has 0 radical (unpaired) electrons. The molecule has 0 N–H and O–H groups in total. The number of amides is 2. The third-order valence-corrected chi connectivity index (χ3v) is 4.38. The molecule has 2 aromatic rings. The summed E-state index contributed by atoms with van der Waals surface area (Å²) in [6.07, 6.45) is 2.05. The summed E-state index contributed by atoms with van der Waals surface area (Å²) >= 11 is 6.17. The molecule has 0 unspecified atom stereocenters. The molecule has 7 heteroatoms. The van der Waals surface area contributed by atoms with Crippen molar-refractivity contribution in [1.82, 2.24) is 15.0 Å². The number of hydrazine groups is 1. The van der Waals surface area contributed by atoms with E-state index in [2.05, 4.69) is 11.6 Å². The van der Waals surface area contributed by atoms with E-state index in [0.29, 0.717) is 40.1 Å². The van der Waals surface area contributed by atoms with Crippen LogP contribution in [0.5, 0.6) is 0 Å². The number of nitrogens with zero attached hydrogens (tertiary/aromatic N) is 4. The molecule has 2 amide bonds. The summed E-state index contributed by atoms with van der Waals surface area (Å²) in [4.78, 5) is 18.6. The fourth-order valence-electron chi connectivity index (χ4n) is 3.06. The largest absolute Gasteiger partial charge is 0.439 e. The Labute approximate surface area is 132 Å². The second kappa shape index (κ2) is 4.64. The van der Waals surface area contributed by atoms with Gasteiger partial charge in [0.05, 0.1) is 10.7 Å². The van der Waals surface area contributed by atoms with Crippen molar-refractivity contribution in [3.05, 3.63) is 35.4 Å². The number of rotatable bonds is 1. The third-order valence-electron chi connectivity index (χ3n) is 4.07. The lowest BCUT2D eigenvalue weighted by Crippen LogP contribution is -2.42. The van der Waals surface area contributed by atoms with Crippen molar-refractivity contribution in [2.75, 3.05) is 18.0 Å². The second-order valence-corrected chi connectivity index (χ2v) is 5.87. The van der Waals surface area contributed by atoms with Crippen molar-refractivity contribution in [3.63, 3.8) is 0 Å². The Morgan fingerprint density at radius 2 is 2.00 bits per heavy atom. The minimum atomic E-state index is -0.109. The van der Waals surface area contributed by atoms with Gasteiger partial charge in [0.25, 0.3) is 0 Å². The molecular weight excluding hydrogens is 304 g/mol. The number of hydrogen-bond acceptors (Lipinski definition) is 4. The van der Waals surface area contributed by atoms with Gasteiger partial charge in [-0.05, 0) is 25.0 Å². The van der Waals surface area contributed by atoms with Crippen molar-refractivity contribution in [2.45, 2.75) is 19.8 Å². The van der Waals surface area contributed by atoms with Crippen LogP contribution in [0.15, 0.2) is 28.9 Å². The quantitative estimate of drug-likeness (QED) is 0.807. The molecule has 1 aromatic carbocycles. The van der Waals surface area contributed by atoms with Crippen LogP contribution in [0.2, 0.25) is 5.02 Å². The minimum Gasteiger partial charge on any atom is -0.439 e. The molecule has 6 nitrogen and oxygen atoms in total. The zero-order valence-corrected chi connectivity index (χ0v) is 12.9. The Morgan fingerprint density at radius 1 is 1.27 bits per heavy atom. The van der Waals surface area contributed by atoms with Crippen LogP contribution >= 0.6 is 11.6 Å². The lowest BCUT2D eigenvalue weighted by Gasteiger charge is -2.32. The van der Waals surface area contributed by atoms with Crippen molar-refractivity contribution >= 4 is 34.4 Å². The average Bonchev–Trinajstić information content (AvgIpc) is 3.02. The van der Waals surface area contributed by atoms with Gasteiger partial charge < -0.3 is 4.42 Å². The van der Waals surface area contributed by atoms with Crippen LogP contribution in [-0.4, -0.2) is 34.1 Å². The Bertz CT molecular complexity index is 776. The first-order valence-electron chi connectivity index (χ1n) is 7.21. The van der Waals surface area contributed by atoms with E-state index in [-0.39, 0.29) is 6.03 Å². The summed E-state index contributed by atoms with van der Waals surface area (Å²) in [6.45, 7) is 7.34. The van der Waals surface area contributed by atoms with Gasteiger partial charge in [-0.1, -0.05) is 18.2 Å². The summed E-state index contributed by atoms with van der Waals surface area (Å²) in [7, 11) is 0. The number of aryl methyl sites for hydroxylation is 1. The Morgan fingerprint density at radius 3 is 2.73 bits per heavy atom. The summed E-state index contributed by atoms with van der Waals surface area (Å²) < 4.78 is 5.67. The van der Waals surface area contributed by atoms with E-state index in [0.717, 1.165) is 19.4 Å². The number of halogens is 1. The zero-order chi connectivity index (χ0) is 15.4. The summed E-state index contributed by atoms with van der Waals surface area (Å²) in [5.41, 5.74) is 1.71. The second-order valence-electron chi connectivity index (χ2n) is 5.46. The molecule has 1 aromatic heterocycles. The van der Waals surface area contributed by atoms with E-state index in [4.69, 9.17) is 16.0 Å². The molecule has 2 aliphatic heterocycles. The normalized spacial score (nSPS) is 18.5. The van der Waals surface area contributed by atoms with E-state index in [1.807, 2.05) is 5.01 Å². The minimum absolute atomic E-state index is 0.109. The maximum absolute atomic E-state index is 12.7. The molecule has 0 aliphatic carbocycles. The Kier molecular flexibility index (Phi) is 2.84. The topological polar surface area (TPSA) is 52.8 Å². The molecule has 0 atom stereocenters. The van der Waals surface area contributed by atoms with Gasteiger partial charge in [-0.25, -0.2) is 19.7 Å². The van der Waals surface area contributed by atoms with Crippen LogP contribution < -0.4 is 4.90 Å². The summed E-state index contributed by atoms with van der Waals surface area (Å²) in [5, 5.41) is 4.16. The van der Waals surface area contributed by atoms with Crippen LogP contribution in [-0.2, 0) is 0 Å². The van der Waals surface area contributed by atoms with Crippen molar-refractivity contribution in [2.24, 2.45) is 0 Å². The molecule has 4 rings (SSSR count). The summed E-state index contributed by atoms with van der Waals surface area (Å²) in [6, 6.07) is 3.40. The highest BCUT2D eigenvalue weighted by molar-refractivity contribution is 6.35. The first-order chi connectivity index (χ1) is 10.6. The van der Waals surface area contributed by atoms with Crippen LogP contribution in [0.4, 0.5) is 10.5 Å². The van der Waals surface area contributed by atoms with Crippen molar-refractivity contribution < 1.29 is 9.21 Å². The predicted molar refractivity (Wildman–Crippen MR) is 83.4 cm³/mol. The number of carbonyl (C=O) groups excluding carboxylic acids is 1. The Hall–Kier alpha value is -2.21. The standard InChI is InChI=1S/C15H15ClN4O2/c1-9-17-13-11(16)5-6-12(14(13)22-9)20-10(2)18-7-3-4-8-19(18)15(20)21/h5-6H,2-4,7-8H2,1H3. The lowest BCUT2D eigenvalue weighted by atomic mass is 10.2. The van der Waals surface area contributed by atoms with Crippen LogP contribution in [0.1, 0.15) is 18.7 Å². The van der Waals surface area contributed by atoms with E-state index < -0.39 is 0 Å². The number of hydrogen-bond donors (Lipinski definition) is 0. The number of carbonyl (C=O) groups is 1. The highest BCUT2D eigenvalue weighted by Crippen LogP contribution is 2.38. The SMILES string of the molecule is C=C1N(c2ccc(Cl)c3nc(C)oc23)C(=O)N2CCCCN12. The van der Waals surface area contributed by atoms with Crippen LogP contribution in [0.25, 0.3) is 11.1 Å². The van der Waals surface area contributed by atoms with Gasteiger partial charge in [-0.15, -0.1) is 0 Å². The number of fused-ring (bicyclic) bond motifs is 2. The molecule has 114 valence electrons. The average molecular weight is 319 g/mol. The predicted octanol–water partition coefficient (Wildman–Crippen LogP) is 3.51. The van der Waals surface area contributed by atoms with Gasteiger partial charge in [-0.3, -0.25) is 5.01 Å². The van der Waals surface area contributed by atoms with Crippen molar-refractivity contribution in [1.29, 1.82) is 0 Å². The first-order valence-corrected chi connectivity index (χ1v) is 7.59. The number of urea groups is 1. The highest BCUT2D eigenvalue weighted by Gasteiger charge is 2.41. The van der Waals surface area contributed by atoms with E-state index in [1.54, 1.807) is 29.0 Å². The number of oxazole rings is 1. The molecule has 0 spiro atoms. The van der Waals surface area contributed by atoms with Gasteiger partial charge in [0.2, 0.25) is 0 Å². The van der Waals surface area contributed by atoms with E-state index >= 15 is 0 Å². The van der Waals surface area contributed by atoms with Gasteiger partial charge >= 0.3 is 6.03 Å². The highest BCUT2D eigenvalue weighted by atomic mass is 35.5. The molecular formula is C15H15ClN4O2. The van der Waals surface area contributed by atoms with Crippen molar-refractivity contribution in [3.8, 4) is 0 Å². The third kappa shape index (κ3) is 1.73. The molecule has 2 fully saturated rings. The van der Waals surface area contributed by atoms with Gasteiger partial charge in [0, 0.05) is 20.0 Å². The number of aromatic nitrogens is 1.